The molecule has 1 fully saturated rings. The van der Waals surface area contributed by atoms with Crippen LogP contribution in [0.5, 0.6) is 0 Å². The second kappa shape index (κ2) is 13.7. The highest BCUT2D eigenvalue weighted by atomic mass is 32.1. The molecule has 2 N–H and O–H groups in total. The first-order valence-electron chi connectivity index (χ1n) is 13.8. The smallest absolute Gasteiger partial charge is 0.357 e. The van der Waals surface area contributed by atoms with E-state index in [4.69, 9.17) is 4.74 Å². The highest BCUT2D eigenvalue weighted by Crippen LogP contribution is 2.34. The minimum Gasteiger partial charge on any atom is -0.464 e. The number of rotatable bonds is 12. The number of nitrogens with zero attached hydrogens (tertiary/aromatic N) is 2. The lowest BCUT2D eigenvalue weighted by Gasteiger charge is -2.32. The summed E-state index contributed by atoms with van der Waals surface area (Å²) in [4.78, 5) is 46.3. The van der Waals surface area contributed by atoms with Crippen LogP contribution in [0, 0.1) is 0 Å². The highest BCUT2D eigenvalue weighted by molar-refractivity contribution is 7.09. The summed E-state index contributed by atoms with van der Waals surface area (Å²) < 4.78 is 4.81. The molecule has 2 amide bonds. The Morgan fingerprint density at radius 1 is 1.07 bits per heavy atom. The first kappa shape index (κ1) is 30.1. The number of carbonyl (C=O) groups is 3. The lowest BCUT2D eigenvalue weighted by atomic mass is 9.98. The van der Waals surface area contributed by atoms with Crippen molar-refractivity contribution in [1.29, 1.82) is 0 Å². The number of ether oxygens (including phenoxy) is 1. The number of methoxy groups -OCH3 is 1. The molecule has 0 aliphatic carbocycles. The minimum absolute atomic E-state index is 0.166. The van der Waals surface area contributed by atoms with Gasteiger partial charge in [0, 0.05) is 23.9 Å². The van der Waals surface area contributed by atoms with Gasteiger partial charge in [0.05, 0.1) is 19.2 Å². The second-order valence-electron chi connectivity index (χ2n) is 10.8. The zero-order chi connectivity index (χ0) is 29.4. The number of hydrogen-bond donors (Lipinski definition) is 2. The first-order valence-corrected chi connectivity index (χ1v) is 14.7. The van der Waals surface area contributed by atoms with Crippen LogP contribution in [-0.4, -0.2) is 58.9 Å². The average Bonchev–Trinajstić information content (AvgIpc) is 3.67. The van der Waals surface area contributed by atoms with Crippen molar-refractivity contribution in [2.24, 2.45) is 0 Å². The molecule has 4 rings (SSSR count). The predicted molar refractivity (Wildman–Crippen MR) is 161 cm³/mol. The summed E-state index contributed by atoms with van der Waals surface area (Å²) in [5, 5.41) is 8.86. The van der Waals surface area contributed by atoms with Crippen molar-refractivity contribution in [3.8, 4) is 0 Å². The number of likely N-dealkylation sites (tertiary alicyclic amines) is 1. The second-order valence-corrected chi connectivity index (χ2v) is 11.7. The molecule has 0 radical (unpaired) electrons. The molecule has 1 aliphatic rings. The molecule has 1 aliphatic heterocycles. The Balaban J connectivity index is 1.59. The van der Waals surface area contributed by atoms with E-state index in [0.29, 0.717) is 24.4 Å². The number of thiazole rings is 1. The van der Waals surface area contributed by atoms with Crippen molar-refractivity contribution in [1.82, 2.24) is 20.5 Å². The molecule has 0 bridgehead atoms. The van der Waals surface area contributed by atoms with E-state index < -0.39 is 23.6 Å². The van der Waals surface area contributed by atoms with Crippen molar-refractivity contribution in [2.75, 3.05) is 13.7 Å². The largest absolute Gasteiger partial charge is 0.464 e. The molecular formula is C32H38N4O4S. The molecule has 8 nitrogen and oxygen atoms in total. The van der Waals surface area contributed by atoms with Crippen molar-refractivity contribution in [3.05, 3.63) is 101 Å². The Labute approximate surface area is 245 Å². The average molecular weight is 575 g/mol. The molecule has 0 saturated carbocycles. The van der Waals surface area contributed by atoms with E-state index >= 15 is 0 Å². The number of esters is 1. The summed E-state index contributed by atoms with van der Waals surface area (Å²) in [7, 11) is 1.32. The van der Waals surface area contributed by atoms with Crippen LogP contribution in [0.1, 0.15) is 59.4 Å². The molecule has 216 valence electrons. The van der Waals surface area contributed by atoms with E-state index in [1.807, 2.05) is 74.5 Å². The van der Waals surface area contributed by atoms with Crippen LogP contribution in [0.15, 0.2) is 78.7 Å². The van der Waals surface area contributed by atoms with Gasteiger partial charge < -0.3 is 15.0 Å². The number of nitrogens with one attached hydrogen (secondary N) is 2. The maximum Gasteiger partial charge on any atom is 0.357 e. The van der Waals surface area contributed by atoms with E-state index in [-0.39, 0.29) is 23.6 Å². The summed E-state index contributed by atoms with van der Waals surface area (Å²) in [5.41, 5.74) is 1.69. The van der Waals surface area contributed by atoms with Crippen LogP contribution < -0.4 is 10.6 Å². The van der Waals surface area contributed by atoms with E-state index in [9.17, 15) is 14.4 Å². The van der Waals surface area contributed by atoms with Gasteiger partial charge in [-0.15, -0.1) is 17.9 Å². The fourth-order valence-corrected chi connectivity index (χ4v) is 5.95. The van der Waals surface area contributed by atoms with Crippen molar-refractivity contribution < 1.29 is 19.1 Å². The zero-order valence-electron chi connectivity index (χ0n) is 23.8. The fourth-order valence-electron chi connectivity index (χ4n) is 5.02. The Hall–Kier alpha value is -3.82. The van der Waals surface area contributed by atoms with E-state index in [2.05, 4.69) is 22.2 Å². The van der Waals surface area contributed by atoms with Gasteiger partial charge in [0.15, 0.2) is 5.69 Å². The molecule has 2 aromatic carbocycles. The van der Waals surface area contributed by atoms with Crippen molar-refractivity contribution in [2.45, 2.75) is 63.2 Å². The lowest BCUT2D eigenvalue weighted by molar-refractivity contribution is -0.137. The quantitative estimate of drug-likeness (QED) is 0.244. The van der Waals surface area contributed by atoms with Gasteiger partial charge in [0.25, 0.3) is 0 Å². The third-order valence-corrected chi connectivity index (χ3v) is 8.24. The molecule has 3 aromatic rings. The van der Waals surface area contributed by atoms with Gasteiger partial charge in [-0.25, -0.2) is 9.78 Å². The third kappa shape index (κ3) is 7.89. The van der Waals surface area contributed by atoms with Crippen molar-refractivity contribution >= 4 is 29.1 Å². The lowest BCUT2D eigenvalue weighted by Crippen LogP contribution is -2.57. The van der Waals surface area contributed by atoms with Crippen LogP contribution in [0.25, 0.3) is 0 Å². The van der Waals surface area contributed by atoms with Crippen LogP contribution in [0.3, 0.4) is 0 Å². The fraction of sp³-hybridized carbons (Fsp3) is 0.375. The van der Waals surface area contributed by atoms with Gasteiger partial charge in [-0.3, -0.25) is 14.9 Å². The maximum atomic E-state index is 14.1. The van der Waals surface area contributed by atoms with E-state index in [1.165, 1.54) is 18.4 Å². The SMILES string of the molecule is C=CC(C)(C)NC(Cc1ccccc1)C(=O)NC(Cc1ccccc1)C(=O)N1CCCC1c1nc(C(=O)OC)cs1. The van der Waals surface area contributed by atoms with Crippen LogP contribution in [0.4, 0.5) is 0 Å². The molecular weight excluding hydrogens is 536 g/mol. The topological polar surface area (TPSA) is 101 Å². The number of hydrogen-bond acceptors (Lipinski definition) is 7. The standard InChI is InChI=1S/C32H38N4O4S/c1-5-32(2,3)35-24(19-22-13-8-6-9-14-22)28(37)33-25(20-23-15-10-7-11-16-23)30(38)36-18-12-17-27(36)29-34-26(21-41-29)31(39)40-4/h5-11,13-16,21,24-25,27,35H,1,12,17-20H2,2-4H3,(H,33,37). The number of aromatic nitrogens is 1. The number of amides is 2. The normalized spacial score (nSPS) is 16.6. The summed E-state index contributed by atoms with van der Waals surface area (Å²) in [5.74, 6) is -0.922. The molecule has 1 aromatic heterocycles. The van der Waals surface area contributed by atoms with Gasteiger partial charge >= 0.3 is 5.97 Å². The Morgan fingerprint density at radius 3 is 2.27 bits per heavy atom. The predicted octanol–water partition coefficient (Wildman–Crippen LogP) is 4.49. The molecule has 1 saturated heterocycles. The highest BCUT2D eigenvalue weighted by Gasteiger charge is 2.37. The molecule has 3 atom stereocenters. The maximum absolute atomic E-state index is 14.1. The van der Waals surface area contributed by atoms with Gasteiger partial charge in [-0.2, -0.15) is 0 Å². The Morgan fingerprint density at radius 2 is 1.68 bits per heavy atom. The van der Waals surface area contributed by atoms with E-state index in [1.54, 1.807) is 16.4 Å². The molecule has 0 spiro atoms. The molecule has 41 heavy (non-hydrogen) atoms. The summed E-state index contributed by atoms with van der Waals surface area (Å²) >= 11 is 1.34. The van der Waals surface area contributed by atoms with Gasteiger partial charge in [-0.05, 0) is 44.2 Å². The Kier molecular flexibility index (Phi) is 10.1. The zero-order valence-corrected chi connectivity index (χ0v) is 24.7. The van der Waals surface area contributed by atoms with Gasteiger partial charge in [0.2, 0.25) is 11.8 Å². The summed E-state index contributed by atoms with van der Waals surface area (Å²) in [6, 6.07) is 17.9. The van der Waals surface area contributed by atoms with Crippen LogP contribution in [-0.2, 0) is 27.2 Å². The number of benzene rings is 2. The summed E-state index contributed by atoms with van der Waals surface area (Å²) in [6.07, 6.45) is 4.12. The molecule has 9 heteroatoms. The van der Waals surface area contributed by atoms with E-state index in [0.717, 1.165) is 24.0 Å². The molecule has 3 unspecified atom stereocenters. The van der Waals surface area contributed by atoms with Crippen LogP contribution >= 0.6 is 11.3 Å². The third-order valence-electron chi connectivity index (χ3n) is 7.29. The van der Waals surface area contributed by atoms with Gasteiger partial charge in [-0.1, -0.05) is 66.7 Å². The Bertz CT molecular complexity index is 1340. The van der Waals surface area contributed by atoms with Crippen molar-refractivity contribution in [3.63, 3.8) is 0 Å². The van der Waals surface area contributed by atoms with Crippen LogP contribution in [0.2, 0.25) is 0 Å². The minimum atomic E-state index is -0.780. The first-order chi connectivity index (χ1) is 19.7. The van der Waals surface area contributed by atoms with Gasteiger partial charge in [0.1, 0.15) is 11.0 Å². The molecule has 2 heterocycles. The summed E-state index contributed by atoms with van der Waals surface area (Å²) in [6.45, 7) is 8.39. The number of carbonyl (C=O) groups excluding carboxylic acids is 3. The monoisotopic (exact) mass is 574 g/mol.